The van der Waals surface area contributed by atoms with Gasteiger partial charge in [0.05, 0.1) is 0 Å². The number of rotatable bonds is 0. The molecule has 0 amide bonds. The fourth-order valence-electron chi connectivity index (χ4n) is 4.67. The van der Waals surface area contributed by atoms with E-state index in [9.17, 15) is 0 Å². The summed E-state index contributed by atoms with van der Waals surface area (Å²) in [5, 5.41) is 0. The first-order valence-corrected chi connectivity index (χ1v) is 7.67. The minimum absolute atomic E-state index is 0.709. The maximum Gasteiger partial charge on any atom is -0.0266 e. The van der Waals surface area contributed by atoms with Crippen molar-refractivity contribution in [1.29, 1.82) is 0 Å². The molecular formula is C16H27. The molecule has 91 valence electrons. The van der Waals surface area contributed by atoms with Gasteiger partial charge in [0, 0.05) is 0 Å². The first kappa shape index (κ1) is 11.1. The van der Waals surface area contributed by atoms with Crippen molar-refractivity contribution in [1.82, 2.24) is 0 Å². The van der Waals surface area contributed by atoms with Gasteiger partial charge in [-0.05, 0) is 68.6 Å². The number of hydrogen-bond acceptors (Lipinski definition) is 0. The average molecular weight is 219 g/mol. The Labute approximate surface area is 101 Å². The van der Waals surface area contributed by atoms with Crippen molar-refractivity contribution in [2.45, 2.75) is 83.5 Å². The molecule has 3 rings (SSSR count). The molecule has 0 heteroatoms. The van der Waals surface area contributed by atoms with Gasteiger partial charge in [0.15, 0.2) is 0 Å². The van der Waals surface area contributed by atoms with Gasteiger partial charge < -0.3 is 0 Å². The maximum absolute atomic E-state index is 2.71. The third-order valence-electron chi connectivity index (χ3n) is 5.93. The van der Waals surface area contributed by atoms with Gasteiger partial charge in [0.25, 0.3) is 0 Å². The van der Waals surface area contributed by atoms with Crippen LogP contribution >= 0.6 is 0 Å². The number of hydrogen-bond donors (Lipinski definition) is 0. The van der Waals surface area contributed by atoms with E-state index in [2.05, 4.69) is 6.42 Å². The Bertz CT molecular complexity index is 190. The second kappa shape index (κ2) is 4.35. The molecule has 0 aliphatic heterocycles. The fourth-order valence-corrected chi connectivity index (χ4v) is 4.67. The standard InChI is InChI=1S/C16H27/c1-3-7-15(8-4-1)11-13-16(14-12-15)9-5-2-6-10-16/h7H,1-6,8-14H2. The van der Waals surface area contributed by atoms with E-state index in [1.165, 1.54) is 57.8 Å². The van der Waals surface area contributed by atoms with Gasteiger partial charge in [-0.25, -0.2) is 0 Å². The van der Waals surface area contributed by atoms with E-state index in [-0.39, 0.29) is 0 Å². The van der Waals surface area contributed by atoms with Crippen LogP contribution in [-0.2, 0) is 0 Å². The molecule has 0 bridgehead atoms. The van der Waals surface area contributed by atoms with Gasteiger partial charge >= 0.3 is 0 Å². The van der Waals surface area contributed by atoms with E-state index >= 15 is 0 Å². The molecule has 2 spiro atoms. The van der Waals surface area contributed by atoms with Crippen LogP contribution < -0.4 is 0 Å². The summed E-state index contributed by atoms with van der Waals surface area (Å²) in [5.41, 5.74) is 1.52. The first-order chi connectivity index (χ1) is 7.83. The van der Waals surface area contributed by atoms with Gasteiger partial charge in [0.2, 0.25) is 0 Å². The summed E-state index contributed by atoms with van der Waals surface area (Å²) in [4.78, 5) is 0. The van der Waals surface area contributed by atoms with Crippen molar-refractivity contribution in [3.8, 4) is 0 Å². The van der Waals surface area contributed by atoms with Gasteiger partial charge in [0.1, 0.15) is 0 Å². The van der Waals surface area contributed by atoms with E-state index in [4.69, 9.17) is 0 Å². The minimum atomic E-state index is 0.709. The molecule has 0 heterocycles. The fraction of sp³-hybridized carbons (Fsp3) is 0.938. The summed E-state index contributed by atoms with van der Waals surface area (Å²) in [6.07, 6.45) is 22.5. The molecule has 0 aromatic carbocycles. The van der Waals surface area contributed by atoms with Crippen LogP contribution in [0.3, 0.4) is 0 Å². The van der Waals surface area contributed by atoms with Gasteiger partial charge in [-0.3, -0.25) is 0 Å². The SMILES string of the molecule is [CH]1CCCCC12CCC1(CCCCC1)CC2. The predicted molar refractivity (Wildman–Crippen MR) is 69.2 cm³/mol. The van der Waals surface area contributed by atoms with E-state index < -0.39 is 0 Å². The van der Waals surface area contributed by atoms with Crippen LogP contribution in [0.15, 0.2) is 0 Å². The lowest BCUT2D eigenvalue weighted by Crippen LogP contribution is -2.37. The van der Waals surface area contributed by atoms with Crippen molar-refractivity contribution >= 4 is 0 Å². The van der Waals surface area contributed by atoms with Crippen LogP contribution in [-0.4, -0.2) is 0 Å². The van der Waals surface area contributed by atoms with Crippen LogP contribution in [0.1, 0.15) is 83.5 Å². The molecule has 3 aliphatic carbocycles. The monoisotopic (exact) mass is 219 g/mol. The minimum Gasteiger partial charge on any atom is -0.0533 e. The lowest BCUT2D eigenvalue weighted by atomic mass is 9.56. The van der Waals surface area contributed by atoms with Gasteiger partial charge in [-0.15, -0.1) is 0 Å². The predicted octanol–water partition coefficient (Wildman–Crippen LogP) is 5.28. The molecule has 0 saturated heterocycles. The van der Waals surface area contributed by atoms with Crippen molar-refractivity contribution < 1.29 is 0 Å². The Morgan fingerprint density at radius 2 is 1.25 bits per heavy atom. The zero-order valence-corrected chi connectivity index (χ0v) is 10.8. The molecule has 0 nitrogen and oxygen atoms in total. The summed E-state index contributed by atoms with van der Waals surface area (Å²) >= 11 is 0. The lowest BCUT2D eigenvalue weighted by molar-refractivity contribution is 0.0486. The average Bonchev–Trinajstić information content (AvgIpc) is 2.36. The van der Waals surface area contributed by atoms with Crippen molar-refractivity contribution in [3.05, 3.63) is 6.42 Å². The zero-order valence-electron chi connectivity index (χ0n) is 10.8. The Morgan fingerprint density at radius 1 is 0.562 bits per heavy atom. The summed E-state index contributed by atoms with van der Waals surface area (Å²) in [5.74, 6) is 0. The van der Waals surface area contributed by atoms with E-state index in [1.807, 2.05) is 0 Å². The molecule has 3 aliphatic rings. The third kappa shape index (κ3) is 2.05. The Kier molecular flexibility index (Phi) is 3.02. The summed E-state index contributed by atoms with van der Waals surface area (Å²) in [6, 6.07) is 0. The zero-order chi connectivity index (χ0) is 10.9. The normalized spacial score (nSPS) is 33.0. The molecule has 0 aromatic rings. The Hall–Kier alpha value is 0. The highest BCUT2D eigenvalue weighted by Gasteiger charge is 2.43. The first-order valence-electron chi connectivity index (χ1n) is 7.67. The molecule has 3 saturated carbocycles. The van der Waals surface area contributed by atoms with Crippen LogP contribution in [0.4, 0.5) is 0 Å². The van der Waals surface area contributed by atoms with Crippen LogP contribution in [0, 0.1) is 17.3 Å². The van der Waals surface area contributed by atoms with Crippen molar-refractivity contribution in [3.63, 3.8) is 0 Å². The Balaban J connectivity index is 1.61. The molecule has 0 N–H and O–H groups in total. The highest BCUT2D eigenvalue weighted by atomic mass is 14.5. The Morgan fingerprint density at radius 3 is 1.88 bits per heavy atom. The van der Waals surface area contributed by atoms with Crippen LogP contribution in [0.25, 0.3) is 0 Å². The summed E-state index contributed by atoms with van der Waals surface area (Å²) in [7, 11) is 0. The molecule has 0 atom stereocenters. The van der Waals surface area contributed by atoms with Crippen molar-refractivity contribution in [2.75, 3.05) is 0 Å². The van der Waals surface area contributed by atoms with Crippen LogP contribution in [0.2, 0.25) is 0 Å². The van der Waals surface area contributed by atoms with E-state index in [0.717, 1.165) is 5.41 Å². The third-order valence-corrected chi connectivity index (χ3v) is 5.93. The second-order valence-corrected chi connectivity index (χ2v) is 6.87. The highest BCUT2D eigenvalue weighted by Crippen LogP contribution is 2.56. The second-order valence-electron chi connectivity index (χ2n) is 6.87. The maximum atomic E-state index is 2.71. The smallest absolute Gasteiger partial charge is 0.0266 e. The highest BCUT2D eigenvalue weighted by molar-refractivity contribution is 5.01. The topological polar surface area (TPSA) is 0 Å². The van der Waals surface area contributed by atoms with E-state index in [0.29, 0.717) is 5.41 Å². The van der Waals surface area contributed by atoms with Gasteiger partial charge in [-0.2, -0.15) is 0 Å². The van der Waals surface area contributed by atoms with E-state index in [1.54, 1.807) is 25.7 Å². The molecule has 1 radical (unpaired) electrons. The van der Waals surface area contributed by atoms with Crippen molar-refractivity contribution in [2.24, 2.45) is 10.8 Å². The summed E-state index contributed by atoms with van der Waals surface area (Å²) < 4.78 is 0. The molecule has 3 fully saturated rings. The summed E-state index contributed by atoms with van der Waals surface area (Å²) in [6.45, 7) is 0. The largest absolute Gasteiger partial charge is 0.0533 e. The molecule has 0 aromatic heterocycles. The molecular weight excluding hydrogens is 192 g/mol. The quantitative estimate of drug-likeness (QED) is 0.520. The molecule has 16 heavy (non-hydrogen) atoms. The van der Waals surface area contributed by atoms with Gasteiger partial charge in [-0.1, -0.05) is 32.1 Å². The van der Waals surface area contributed by atoms with Crippen LogP contribution in [0.5, 0.6) is 0 Å². The lowest BCUT2D eigenvalue weighted by Gasteiger charge is -2.49. The molecule has 0 unspecified atom stereocenters.